The molecule has 0 spiro atoms. The van der Waals surface area contributed by atoms with Crippen LogP contribution in [0.15, 0.2) is 60.9 Å². The third-order valence-electron chi connectivity index (χ3n) is 6.50. The minimum atomic E-state index is 0. The zero-order valence-corrected chi connectivity index (χ0v) is 19.8. The number of benzene rings is 2. The van der Waals surface area contributed by atoms with Crippen LogP contribution >= 0.6 is 11.8 Å². The number of ether oxygens (including phenoxy) is 1. The van der Waals surface area contributed by atoms with E-state index in [2.05, 4.69) is 68.2 Å². The highest BCUT2D eigenvalue weighted by atomic mass is 32.2. The van der Waals surface area contributed by atoms with E-state index in [0.29, 0.717) is 18.5 Å². The first-order valence-corrected chi connectivity index (χ1v) is 12.3. The Hall–Kier alpha value is -2.98. The Morgan fingerprint density at radius 2 is 1.79 bits per heavy atom. The lowest BCUT2D eigenvalue weighted by molar-refractivity contribution is 0.0679. The molecular formula is C25H29N5O3S. The lowest BCUT2D eigenvalue weighted by atomic mass is 10.1. The summed E-state index contributed by atoms with van der Waals surface area (Å²) in [5, 5.41) is 0.676. The maximum Gasteiger partial charge on any atom is 0.225 e. The van der Waals surface area contributed by atoms with Gasteiger partial charge in [-0.2, -0.15) is 11.8 Å². The normalized spacial score (nSPS) is 19.4. The average molecular weight is 480 g/mol. The van der Waals surface area contributed by atoms with Crippen molar-refractivity contribution in [2.45, 2.75) is 24.3 Å². The SMILES string of the molecule is CSC1CCN(c2ncc(-c3ccc4nc5n(c4c3)[C@@H](c3ccccc3)COC5)cn2)C1.O.O. The fourth-order valence-corrected chi connectivity index (χ4v) is 5.43. The lowest BCUT2D eigenvalue weighted by Crippen LogP contribution is -2.24. The molecular weight excluding hydrogens is 450 g/mol. The van der Waals surface area contributed by atoms with E-state index in [1.165, 1.54) is 12.0 Å². The third kappa shape index (κ3) is 4.27. The maximum absolute atomic E-state index is 5.88. The van der Waals surface area contributed by atoms with Crippen molar-refractivity contribution < 1.29 is 15.7 Å². The van der Waals surface area contributed by atoms with Crippen molar-refractivity contribution in [1.29, 1.82) is 0 Å². The number of rotatable bonds is 4. The third-order valence-corrected chi connectivity index (χ3v) is 7.55. The van der Waals surface area contributed by atoms with Crippen LogP contribution in [0.3, 0.4) is 0 Å². The molecule has 34 heavy (non-hydrogen) atoms. The van der Waals surface area contributed by atoms with E-state index in [0.717, 1.165) is 47.0 Å². The van der Waals surface area contributed by atoms with Crippen molar-refractivity contribution >= 4 is 28.7 Å². The van der Waals surface area contributed by atoms with Gasteiger partial charge in [0, 0.05) is 36.3 Å². The molecule has 0 bridgehead atoms. The molecule has 9 heteroatoms. The Kier molecular flexibility index (Phi) is 7.18. The molecule has 0 saturated carbocycles. The first-order chi connectivity index (χ1) is 15.8. The Morgan fingerprint density at radius 3 is 2.53 bits per heavy atom. The predicted molar refractivity (Wildman–Crippen MR) is 136 cm³/mol. The molecule has 0 aliphatic carbocycles. The van der Waals surface area contributed by atoms with Crippen molar-refractivity contribution in [3.05, 3.63) is 72.3 Å². The van der Waals surface area contributed by atoms with E-state index in [9.17, 15) is 0 Å². The number of fused-ring (bicyclic) bond motifs is 3. The van der Waals surface area contributed by atoms with Gasteiger partial charge in [0.2, 0.25) is 5.95 Å². The van der Waals surface area contributed by atoms with Crippen LogP contribution in [0.4, 0.5) is 5.95 Å². The van der Waals surface area contributed by atoms with Crippen molar-refractivity contribution in [1.82, 2.24) is 19.5 Å². The Labute approximate surface area is 202 Å². The monoisotopic (exact) mass is 479 g/mol. The Morgan fingerprint density at radius 1 is 1.00 bits per heavy atom. The van der Waals surface area contributed by atoms with Gasteiger partial charge in [0.05, 0.1) is 23.7 Å². The van der Waals surface area contributed by atoms with E-state index in [4.69, 9.17) is 9.72 Å². The molecule has 8 nitrogen and oxygen atoms in total. The zero-order chi connectivity index (χ0) is 21.5. The molecule has 2 aliphatic heterocycles. The minimum absolute atomic E-state index is 0. The van der Waals surface area contributed by atoms with Gasteiger partial charge in [-0.25, -0.2) is 15.0 Å². The fourth-order valence-electron chi connectivity index (χ4n) is 4.76. The van der Waals surface area contributed by atoms with Gasteiger partial charge in [0.25, 0.3) is 0 Å². The molecule has 0 amide bonds. The second kappa shape index (κ2) is 10.1. The van der Waals surface area contributed by atoms with Gasteiger partial charge in [0.15, 0.2) is 0 Å². The van der Waals surface area contributed by atoms with E-state index >= 15 is 0 Å². The Bertz CT molecular complexity index is 1250. The smallest absolute Gasteiger partial charge is 0.225 e. The molecule has 1 fully saturated rings. The van der Waals surface area contributed by atoms with Crippen LogP contribution in [0, 0.1) is 0 Å². The molecule has 4 N–H and O–H groups in total. The standard InChI is InChI=1S/C25H25N5OS.2H2O/c1-32-20-9-10-29(14-20)25-26-12-19(13-27-25)18-7-8-21-22(11-18)30-23(15-31-16-24(30)28-21)17-5-3-2-4-6-17;;/h2-8,11-13,20,23H,9-10,14-16H2,1H3;2*1H2/t20?,23-;;/m1../s1. The largest absolute Gasteiger partial charge is 0.412 e. The summed E-state index contributed by atoms with van der Waals surface area (Å²) < 4.78 is 8.21. The maximum atomic E-state index is 5.88. The minimum Gasteiger partial charge on any atom is -0.412 e. The fraction of sp³-hybridized carbons (Fsp3) is 0.320. The summed E-state index contributed by atoms with van der Waals surface area (Å²) in [6.45, 7) is 3.24. The molecule has 4 heterocycles. The number of hydrogen-bond donors (Lipinski definition) is 0. The van der Waals surface area contributed by atoms with E-state index in [1.54, 1.807) is 0 Å². The molecule has 1 saturated heterocycles. The average Bonchev–Trinajstić information content (AvgIpc) is 3.49. The first kappa shape index (κ1) is 24.2. The molecule has 4 aromatic rings. The van der Waals surface area contributed by atoms with E-state index < -0.39 is 0 Å². The van der Waals surface area contributed by atoms with Crippen LogP contribution in [0.25, 0.3) is 22.2 Å². The zero-order valence-electron chi connectivity index (χ0n) is 19.0. The number of thioether (sulfide) groups is 1. The molecule has 2 atom stereocenters. The lowest BCUT2D eigenvalue weighted by Gasteiger charge is -2.26. The summed E-state index contributed by atoms with van der Waals surface area (Å²) in [6, 6.07) is 17.1. The number of nitrogens with zero attached hydrogens (tertiary/aromatic N) is 5. The van der Waals surface area contributed by atoms with Gasteiger partial charge >= 0.3 is 0 Å². The van der Waals surface area contributed by atoms with Crippen LogP contribution in [0.2, 0.25) is 0 Å². The van der Waals surface area contributed by atoms with Crippen LogP contribution in [-0.4, -0.2) is 61.7 Å². The van der Waals surface area contributed by atoms with Crippen LogP contribution in [0.1, 0.15) is 23.9 Å². The van der Waals surface area contributed by atoms with Gasteiger partial charge in [-0.1, -0.05) is 36.4 Å². The summed E-state index contributed by atoms with van der Waals surface area (Å²) >= 11 is 1.93. The van der Waals surface area contributed by atoms with Crippen LogP contribution in [-0.2, 0) is 11.3 Å². The first-order valence-electron chi connectivity index (χ1n) is 11.0. The van der Waals surface area contributed by atoms with Crippen molar-refractivity contribution in [3.63, 3.8) is 0 Å². The van der Waals surface area contributed by atoms with Crippen LogP contribution in [0.5, 0.6) is 0 Å². The highest BCUT2D eigenvalue weighted by Gasteiger charge is 2.26. The summed E-state index contributed by atoms with van der Waals surface area (Å²) in [5.41, 5.74) is 5.48. The van der Waals surface area contributed by atoms with Gasteiger partial charge in [-0.15, -0.1) is 0 Å². The molecule has 0 radical (unpaired) electrons. The van der Waals surface area contributed by atoms with Gasteiger partial charge in [-0.05, 0) is 35.9 Å². The number of hydrogen-bond acceptors (Lipinski definition) is 6. The molecule has 1 unspecified atom stereocenters. The molecule has 2 aliphatic rings. The summed E-state index contributed by atoms with van der Waals surface area (Å²) in [5.74, 6) is 1.80. The Balaban J connectivity index is 0.00000137. The van der Waals surface area contributed by atoms with E-state index in [-0.39, 0.29) is 17.0 Å². The summed E-state index contributed by atoms with van der Waals surface area (Å²) in [6.07, 6.45) is 7.27. The highest BCUT2D eigenvalue weighted by Crippen LogP contribution is 2.33. The van der Waals surface area contributed by atoms with Gasteiger partial charge in [0.1, 0.15) is 12.4 Å². The molecule has 6 rings (SSSR count). The second-order valence-electron chi connectivity index (χ2n) is 8.41. The molecule has 2 aromatic carbocycles. The second-order valence-corrected chi connectivity index (χ2v) is 9.55. The van der Waals surface area contributed by atoms with Gasteiger partial charge in [-0.3, -0.25) is 0 Å². The number of imidazole rings is 1. The number of anilines is 1. The molecule has 178 valence electrons. The van der Waals surface area contributed by atoms with Crippen molar-refractivity contribution in [2.24, 2.45) is 0 Å². The topological polar surface area (TPSA) is 119 Å². The molecule has 2 aromatic heterocycles. The highest BCUT2D eigenvalue weighted by molar-refractivity contribution is 7.99. The number of aromatic nitrogens is 4. The predicted octanol–water partition coefficient (Wildman–Crippen LogP) is 2.91. The summed E-state index contributed by atoms with van der Waals surface area (Å²) in [4.78, 5) is 16.5. The van der Waals surface area contributed by atoms with Crippen molar-refractivity contribution in [3.8, 4) is 11.1 Å². The van der Waals surface area contributed by atoms with E-state index in [1.807, 2.05) is 30.2 Å². The quantitative estimate of drug-likeness (QED) is 0.444. The van der Waals surface area contributed by atoms with Gasteiger partial charge < -0.3 is 25.2 Å². The van der Waals surface area contributed by atoms with Crippen molar-refractivity contribution in [2.75, 3.05) is 30.9 Å². The van der Waals surface area contributed by atoms with Crippen LogP contribution < -0.4 is 4.90 Å². The summed E-state index contributed by atoms with van der Waals surface area (Å²) in [7, 11) is 0.